The monoisotopic (exact) mass is 279 g/mol. The largest absolute Gasteiger partial charge is 0.492 e. The summed E-state index contributed by atoms with van der Waals surface area (Å²) in [6, 6.07) is 2.18. The van der Waals surface area contributed by atoms with Crippen molar-refractivity contribution in [2.24, 2.45) is 0 Å². The van der Waals surface area contributed by atoms with Crippen LogP contribution in [0.15, 0.2) is 18.5 Å². The van der Waals surface area contributed by atoms with Crippen LogP contribution in [0.4, 0.5) is 0 Å². The standard InChI is InChI=1S/C15H25N3O2/c1-4-18-6-7-20-14(11-18)15(16-3)12-8-13(19-5-2)10-17-9-12/h8-10,14-16H,4-7,11H2,1-3H3. The summed E-state index contributed by atoms with van der Waals surface area (Å²) in [6.45, 7) is 8.63. The zero-order valence-corrected chi connectivity index (χ0v) is 12.6. The van der Waals surface area contributed by atoms with E-state index in [-0.39, 0.29) is 12.1 Å². The first kappa shape index (κ1) is 15.2. The van der Waals surface area contributed by atoms with Gasteiger partial charge in [-0.25, -0.2) is 0 Å². The van der Waals surface area contributed by atoms with Crippen LogP contribution in [0.2, 0.25) is 0 Å². The summed E-state index contributed by atoms with van der Waals surface area (Å²) in [4.78, 5) is 6.69. The molecule has 0 spiro atoms. The molecular formula is C15H25N3O2. The molecule has 1 aromatic heterocycles. The highest BCUT2D eigenvalue weighted by molar-refractivity contribution is 5.27. The van der Waals surface area contributed by atoms with E-state index in [9.17, 15) is 0 Å². The lowest BCUT2D eigenvalue weighted by Crippen LogP contribution is -2.47. The Morgan fingerprint density at radius 3 is 3.05 bits per heavy atom. The van der Waals surface area contributed by atoms with Crippen LogP contribution in [0.1, 0.15) is 25.5 Å². The maximum absolute atomic E-state index is 5.94. The summed E-state index contributed by atoms with van der Waals surface area (Å²) < 4.78 is 11.5. The van der Waals surface area contributed by atoms with Crippen molar-refractivity contribution < 1.29 is 9.47 Å². The highest BCUT2D eigenvalue weighted by Crippen LogP contribution is 2.24. The molecule has 0 saturated carbocycles. The van der Waals surface area contributed by atoms with Crippen LogP contribution in [-0.4, -0.2) is 55.9 Å². The fraction of sp³-hybridized carbons (Fsp3) is 0.667. The Hall–Kier alpha value is -1.17. The molecule has 2 unspecified atom stereocenters. The molecular weight excluding hydrogens is 254 g/mol. The molecule has 1 N–H and O–H groups in total. The van der Waals surface area contributed by atoms with Crippen LogP contribution < -0.4 is 10.1 Å². The summed E-state index contributed by atoms with van der Waals surface area (Å²) in [7, 11) is 1.96. The van der Waals surface area contributed by atoms with Gasteiger partial charge in [0.1, 0.15) is 5.75 Å². The van der Waals surface area contributed by atoms with E-state index in [4.69, 9.17) is 9.47 Å². The Bertz CT molecular complexity index is 414. The van der Waals surface area contributed by atoms with Crippen molar-refractivity contribution in [3.05, 3.63) is 24.0 Å². The van der Waals surface area contributed by atoms with Crippen LogP contribution in [0.5, 0.6) is 5.75 Å². The average Bonchev–Trinajstić information content (AvgIpc) is 2.49. The van der Waals surface area contributed by atoms with Crippen molar-refractivity contribution in [1.82, 2.24) is 15.2 Å². The smallest absolute Gasteiger partial charge is 0.137 e. The van der Waals surface area contributed by atoms with Crippen molar-refractivity contribution in [3.63, 3.8) is 0 Å². The van der Waals surface area contributed by atoms with E-state index in [0.29, 0.717) is 6.61 Å². The molecule has 0 bridgehead atoms. The lowest BCUT2D eigenvalue weighted by molar-refractivity contribution is -0.0445. The number of nitrogens with zero attached hydrogens (tertiary/aromatic N) is 2. The Kier molecular flexibility index (Phi) is 5.76. The summed E-state index contributed by atoms with van der Waals surface area (Å²) in [5.74, 6) is 0.813. The van der Waals surface area contributed by atoms with E-state index in [1.807, 2.05) is 26.2 Å². The number of pyridine rings is 1. The molecule has 1 aliphatic heterocycles. The Labute approximate surface area is 121 Å². The third kappa shape index (κ3) is 3.69. The molecule has 5 heteroatoms. The van der Waals surface area contributed by atoms with E-state index < -0.39 is 0 Å². The molecule has 2 heterocycles. The number of likely N-dealkylation sites (N-methyl/N-ethyl adjacent to an activating group) is 2. The topological polar surface area (TPSA) is 46.6 Å². The maximum atomic E-state index is 5.94. The first-order chi connectivity index (χ1) is 9.78. The second kappa shape index (κ2) is 7.57. The molecule has 1 aliphatic rings. The van der Waals surface area contributed by atoms with Gasteiger partial charge in [-0.1, -0.05) is 6.92 Å². The lowest BCUT2D eigenvalue weighted by atomic mass is 10.0. The summed E-state index contributed by atoms with van der Waals surface area (Å²) in [5, 5.41) is 3.35. The van der Waals surface area contributed by atoms with E-state index in [1.54, 1.807) is 6.20 Å². The first-order valence-corrected chi connectivity index (χ1v) is 7.37. The normalized spacial score (nSPS) is 21.6. The third-order valence-electron chi connectivity index (χ3n) is 3.71. The summed E-state index contributed by atoms with van der Waals surface area (Å²) in [6.07, 6.45) is 3.78. The molecule has 1 saturated heterocycles. The van der Waals surface area contributed by atoms with Gasteiger partial charge in [0.15, 0.2) is 0 Å². The molecule has 2 rings (SSSR count). The second-order valence-corrected chi connectivity index (χ2v) is 4.96. The van der Waals surface area contributed by atoms with Gasteiger partial charge in [-0.3, -0.25) is 9.88 Å². The van der Waals surface area contributed by atoms with Crippen LogP contribution in [0.25, 0.3) is 0 Å². The average molecular weight is 279 g/mol. The zero-order valence-electron chi connectivity index (χ0n) is 12.6. The van der Waals surface area contributed by atoms with Crippen molar-refractivity contribution >= 4 is 0 Å². The molecule has 0 aromatic carbocycles. The second-order valence-electron chi connectivity index (χ2n) is 4.96. The van der Waals surface area contributed by atoms with Crippen LogP contribution in [-0.2, 0) is 4.74 Å². The molecule has 1 aromatic rings. The SMILES string of the molecule is CCOc1cncc(C(NC)C2CN(CC)CCO2)c1. The summed E-state index contributed by atoms with van der Waals surface area (Å²) >= 11 is 0. The van der Waals surface area contributed by atoms with Gasteiger partial charge < -0.3 is 14.8 Å². The quantitative estimate of drug-likeness (QED) is 0.854. The Balaban J connectivity index is 2.12. The molecule has 0 amide bonds. The van der Waals surface area contributed by atoms with Crippen LogP contribution in [0, 0.1) is 0 Å². The van der Waals surface area contributed by atoms with Gasteiger partial charge in [0.25, 0.3) is 0 Å². The maximum Gasteiger partial charge on any atom is 0.137 e. The minimum atomic E-state index is 0.136. The summed E-state index contributed by atoms with van der Waals surface area (Å²) in [5.41, 5.74) is 1.11. The zero-order chi connectivity index (χ0) is 14.4. The molecule has 20 heavy (non-hydrogen) atoms. The molecule has 112 valence electrons. The van der Waals surface area contributed by atoms with Gasteiger partial charge in [-0.15, -0.1) is 0 Å². The third-order valence-corrected chi connectivity index (χ3v) is 3.71. The number of nitrogens with one attached hydrogen (secondary N) is 1. The molecule has 0 aliphatic carbocycles. The molecule has 5 nitrogen and oxygen atoms in total. The predicted octanol–water partition coefficient (Wildman–Crippen LogP) is 1.46. The van der Waals surface area contributed by atoms with E-state index >= 15 is 0 Å². The highest BCUT2D eigenvalue weighted by atomic mass is 16.5. The minimum Gasteiger partial charge on any atom is -0.492 e. The lowest BCUT2D eigenvalue weighted by Gasteiger charge is -2.36. The van der Waals surface area contributed by atoms with E-state index in [1.165, 1.54) is 0 Å². The van der Waals surface area contributed by atoms with Gasteiger partial charge >= 0.3 is 0 Å². The van der Waals surface area contributed by atoms with Gasteiger partial charge in [0.05, 0.1) is 31.6 Å². The first-order valence-electron chi connectivity index (χ1n) is 7.37. The Morgan fingerprint density at radius 2 is 2.35 bits per heavy atom. The van der Waals surface area contributed by atoms with Gasteiger partial charge in [-0.2, -0.15) is 0 Å². The van der Waals surface area contributed by atoms with Crippen molar-refractivity contribution in [1.29, 1.82) is 0 Å². The molecule has 0 radical (unpaired) electrons. The Morgan fingerprint density at radius 1 is 1.50 bits per heavy atom. The minimum absolute atomic E-state index is 0.136. The predicted molar refractivity (Wildman–Crippen MR) is 79.1 cm³/mol. The number of hydrogen-bond acceptors (Lipinski definition) is 5. The number of morpholine rings is 1. The van der Waals surface area contributed by atoms with Crippen molar-refractivity contribution in [3.8, 4) is 5.75 Å². The van der Waals surface area contributed by atoms with Crippen LogP contribution >= 0.6 is 0 Å². The van der Waals surface area contributed by atoms with E-state index in [2.05, 4.69) is 22.1 Å². The van der Waals surface area contributed by atoms with E-state index in [0.717, 1.165) is 37.6 Å². The van der Waals surface area contributed by atoms with Gasteiger partial charge in [0.2, 0.25) is 0 Å². The van der Waals surface area contributed by atoms with Gasteiger partial charge in [-0.05, 0) is 32.1 Å². The number of ether oxygens (including phenoxy) is 2. The number of aromatic nitrogens is 1. The fourth-order valence-corrected chi connectivity index (χ4v) is 2.64. The number of hydrogen-bond donors (Lipinski definition) is 1. The van der Waals surface area contributed by atoms with Gasteiger partial charge in [0, 0.05) is 19.3 Å². The fourth-order valence-electron chi connectivity index (χ4n) is 2.64. The van der Waals surface area contributed by atoms with Crippen molar-refractivity contribution in [2.45, 2.75) is 26.0 Å². The highest BCUT2D eigenvalue weighted by Gasteiger charge is 2.28. The van der Waals surface area contributed by atoms with Crippen molar-refractivity contribution in [2.75, 3.05) is 39.9 Å². The molecule has 2 atom stereocenters. The number of rotatable bonds is 6. The molecule has 1 fully saturated rings. The van der Waals surface area contributed by atoms with Crippen LogP contribution in [0.3, 0.4) is 0 Å².